The van der Waals surface area contributed by atoms with E-state index in [9.17, 15) is 28.8 Å². The van der Waals surface area contributed by atoms with Crippen LogP contribution in [0.3, 0.4) is 0 Å². The lowest BCUT2D eigenvalue weighted by atomic mass is 10.0. The van der Waals surface area contributed by atoms with Gasteiger partial charge in [-0.25, -0.2) is 0 Å². The van der Waals surface area contributed by atoms with Crippen molar-refractivity contribution in [3.63, 3.8) is 0 Å². The molecule has 3 atom stereocenters. The highest BCUT2D eigenvalue weighted by Crippen LogP contribution is 2.00. The zero-order valence-corrected chi connectivity index (χ0v) is 19.4. The number of Topliss-reactive ketones (excluding diaryl/α,β-unsaturated/α-hetero) is 2. The fourth-order valence-corrected chi connectivity index (χ4v) is 1.85. The van der Waals surface area contributed by atoms with Gasteiger partial charge >= 0.3 is 11.9 Å². The van der Waals surface area contributed by atoms with Gasteiger partial charge in [0.15, 0.2) is 23.4 Å². The number of aliphatic carboxylic acids is 2. The molecule has 0 rings (SSSR count). The number of hydrogen-bond acceptors (Lipinski definition) is 10. The van der Waals surface area contributed by atoms with Gasteiger partial charge in [0.25, 0.3) is 12.9 Å². The van der Waals surface area contributed by atoms with E-state index in [1.54, 1.807) is 14.1 Å². The summed E-state index contributed by atoms with van der Waals surface area (Å²) in [6.07, 6.45) is 0.283. The van der Waals surface area contributed by atoms with Gasteiger partial charge in [-0.05, 0) is 34.4 Å². The summed E-state index contributed by atoms with van der Waals surface area (Å²) in [6.45, 7) is 3.61. The first-order chi connectivity index (χ1) is 15.8. The maximum atomic E-state index is 11.4. The fraction of sp³-hybridized carbons (Fsp3) is 0.556. The van der Waals surface area contributed by atoms with Crippen molar-refractivity contribution in [2.45, 2.75) is 33.4 Å². The molecule has 0 fully saturated rings. The van der Waals surface area contributed by atoms with Crippen molar-refractivity contribution in [3.8, 4) is 0 Å². The number of carboxylic acids is 2. The maximum Gasteiger partial charge on any atom is 0.323 e. The molecule has 16 nitrogen and oxygen atoms in total. The van der Waals surface area contributed by atoms with E-state index in [2.05, 4.69) is 21.3 Å². The second-order valence-electron chi connectivity index (χ2n) is 5.80. The highest BCUT2D eigenvalue weighted by atomic mass is 16.4. The fourth-order valence-electron chi connectivity index (χ4n) is 1.85. The lowest BCUT2D eigenvalue weighted by molar-refractivity contribution is -0.153. The van der Waals surface area contributed by atoms with Crippen molar-refractivity contribution in [1.82, 2.24) is 21.3 Å². The third-order valence-electron chi connectivity index (χ3n) is 3.34. The topological polar surface area (TPSA) is 266 Å². The van der Waals surface area contributed by atoms with Crippen LogP contribution in [0.5, 0.6) is 0 Å². The van der Waals surface area contributed by atoms with Gasteiger partial charge in [0.1, 0.15) is 0 Å². The van der Waals surface area contributed by atoms with Gasteiger partial charge in [0, 0.05) is 0 Å². The van der Waals surface area contributed by atoms with E-state index in [1.807, 2.05) is 6.92 Å². The molecule has 34 heavy (non-hydrogen) atoms. The monoisotopic (exact) mass is 496 g/mol. The van der Waals surface area contributed by atoms with Crippen LogP contribution in [0, 0.1) is 11.8 Å². The molecule has 0 bridgehead atoms. The molecule has 0 saturated carbocycles. The summed E-state index contributed by atoms with van der Waals surface area (Å²) >= 11 is 0. The van der Waals surface area contributed by atoms with E-state index in [1.165, 1.54) is 0 Å². The Kier molecular flexibility index (Phi) is 26.1. The quantitative estimate of drug-likeness (QED) is 0.0823. The van der Waals surface area contributed by atoms with Crippen molar-refractivity contribution in [2.24, 2.45) is 11.8 Å². The minimum atomic E-state index is -1.62. The Morgan fingerprint density at radius 1 is 0.794 bits per heavy atom. The predicted octanol–water partition coefficient (Wildman–Crippen LogP) is -2.68. The van der Waals surface area contributed by atoms with Crippen molar-refractivity contribution >= 4 is 48.3 Å². The molecule has 8 N–H and O–H groups in total. The summed E-state index contributed by atoms with van der Waals surface area (Å²) < 4.78 is 0. The van der Waals surface area contributed by atoms with E-state index in [0.29, 0.717) is 6.42 Å². The Hall–Kier alpha value is -3.92. The average Bonchev–Trinajstić information content (AvgIpc) is 2.71. The molecular weight excluding hydrogens is 464 g/mol. The Labute approximate surface area is 195 Å². The number of ketones is 2. The summed E-state index contributed by atoms with van der Waals surface area (Å²) in [5.41, 5.74) is 0. The van der Waals surface area contributed by atoms with Crippen molar-refractivity contribution < 1.29 is 58.8 Å². The molecule has 0 saturated heterocycles. The first-order valence-electron chi connectivity index (χ1n) is 9.29. The SMILES string of the molecule is CCC(NC)NC(=O)C(C(C)=O)C(=O)O.CNCNC(=O)C(C(C)=O)C(=O)O.O=CO.O=CO. The molecule has 0 aromatic carbocycles. The molecule has 0 heterocycles. The van der Waals surface area contributed by atoms with E-state index in [-0.39, 0.29) is 25.8 Å². The van der Waals surface area contributed by atoms with Crippen LogP contribution >= 0.6 is 0 Å². The molecule has 0 radical (unpaired) electrons. The molecular formula is C18H32N4O12. The predicted molar refractivity (Wildman–Crippen MR) is 114 cm³/mol. The molecule has 0 spiro atoms. The Morgan fingerprint density at radius 2 is 1.15 bits per heavy atom. The standard InChI is InChI=1S/C9H16N2O4.C7H12N2O4.2CH2O2/c1-4-6(10-3)11-8(13)7(5(2)12)9(14)15;1-4(10)5(7(12)13)6(11)9-3-8-2;2*2-1-3/h6-7,10H,4H2,1-3H3,(H,11,13)(H,14,15);5,8H,3H2,1-2H3,(H,9,11)(H,12,13);2*1H,(H,2,3). The largest absolute Gasteiger partial charge is 0.483 e. The number of nitrogens with one attached hydrogen (secondary N) is 4. The second-order valence-corrected chi connectivity index (χ2v) is 5.80. The van der Waals surface area contributed by atoms with Crippen molar-refractivity contribution in [2.75, 3.05) is 20.8 Å². The Bertz CT molecular complexity index is 646. The van der Waals surface area contributed by atoms with Crippen LogP contribution in [-0.2, 0) is 38.4 Å². The molecule has 2 amide bonds. The van der Waals surface area contributed by atoms with Crippen LogP contribution in [0.4, 0.5) is 0 Å². The summed E-state index contributed by atoms with van der Waals surface area (Å²) in [6, 6.07) is 0. The van der Waals surface area contributed by atoms with Gasteiger partial charge in [-0.1, -0.05) is 6.92 Å². The lowest BCUT2D eigenvalue weighted by Crippen LogP contribution is -2.48. The number of hydrogen-bond donors (Lipinski definition) is 8. The molecule has 0 aromatic rings. The number of rotatable bonds is 11. The first-order valence-corrected chi connectivity index (χ1v) is 9.29. The van der Waals surface area contributed by atoms with E-state index < -0.39 is 47.2 Å². The van der Waals surface area contributed by atoms with Crippen LogP contribution < -0.4 is 21.3 Å². The Morgan fingerprint density at radius 3 is 1.38 bits per heavy atom. The van der Waals surface area contributed by atoms with Gasteiger partial charge in [0.05, 0.1) is 12.8 Å². The average molecular weight is 496 g/mol. The first kappa shape index (κ1) is 37.4. The van der Waals surface area contributed by atoms with Crippen LogP contribution in [0.1, 0.15) is 27.2 Å². The van der Waals surface area contributed by atoms with E-state index >= 15 is 0 Å². The van der Waals surface area contributed by atoms with Crippen LogP contribution in [0.2, 0.25) is 0 Å². The molecule has 3 unspecified atom stereocenters. The van der Waals surface area contributed by atoms with Crippen molar-refractivity contribution in [1.29, 1.82) is 0 Å². The van der Waals surface area contributed by atoms with E-state index in [4.69, 9.17) is 30.0 Å². The molecule has 0 aliphatic heterocycles. The number of carbonyl (C=O) groups excluding carboxylic acids is 4. The Balaban J connectivity index is -0.000000216. The van der Waals surface area contributed by atoms with Gasteiger partial charge in [-0.15, -0.1) is 0 Å². The highest BCUT2D eigenvalue weighted by Gasteiger charge is 2.32. The van der Waals surface area contributed by atoms with Crippen LogP contribution in [0.25, 0.3) is 0 Å². The zero-order chi connectivity index (χ0) is 27.9. The lowest BCUT2D eigenvalue weighted by Gasteiger charge is -2.17. The van der Waals surface area contributed by atoms with Gasteiger partial charge in [0.2, 0.25) is 11.8 Å². The second kappa shape index (κ2) is 23.7. The number of amides is 2. The van der Waals surface area contributed by atoms with Gasteiger partial charge in [-0.2, -0.15) is 0 Å². The number of carboxylic acid groups (broad SMARTS) is 4. The normalized spacial score (nSPS) is 11.4. The highest BCUT2D eigenvalue weighted by molar-refractivity contribution is 6.15. The summed E-state index contributed by atoms with van der Waals surface area (Å²) in [7, 11) is 3.22. The molecule has 0 aliphatic rings. The summed E-state index contributed by atoms with van der Waals surface area (Å²) in [5, 5.41) is 41.0. The minimum absolute atomic E-state index is 0.135. The molecule has 196 valence electrons. The molecule has 0 aliphatic carbocycles. The molecule has 16 heteroatoms. The minimum Gasteiger partial charge on any atom is -0.483 e. The summed E-state index contributed by atoms with van der Waals surface area (Å²) in [4.78, 5) is 81.9. The third-order valence-corrected chi connectivity index (χ3v) is 3.34. The van der Waals surface area contributed by atoms with Crippen LogP contribution in [0.15, 0.2) is 0 Å². The van der Waals surface area contributed by atoms with Crippen LogP contribution in [-0.4, -0.2) is 95.6 Å². The summed E-state index contributed by atoms with van der Waals surface area (Å²) in [5.74, 6) is -9.01. The molecule has 0 aromatic heterocycles. The maximum absolute atomic E-state index is 11.4. The van der Waals surface area contributed by atoms with Gasteiger partial charge in [-0.3, -0.25) is 38.4 Å². The number of carbonyl (C=O) groups is 8. The smallest absolute Gasteiger partial charge is 0.323 e. The van der Waals surface area contributed by atoms with Crippen molar-refractivity contribution in [3.05, 3.63) is 0 Å². The third kappa shape index (κ3) is 20.0. The van der Waals surface area contributed by atoms with Gasteiger partial charge < -0.3 is 41.7 Å². The van der Waals surface area contributed by atoms with E-state index in [0.717, 1.165) is 13.8 Å². The zero-order valence-electron chi connectivity index (χ0n) is 19.4.